The summed E-state index contributed by atoms with van der Waals surface area (Å²) in [7, 11) is 3.30. The van der Waals surface area contributed by atoms with E-state index in [-0.39, 0.29) is 12.5 Å². The molecule has 0 bridgehead atoms. The molecule has 0 aliphatic rings. The van der Waals surface area contributed by atoms with E-state index in [0.29, 0.717) is 22.8 Å². The second-order valence-corrected chi connectivity index (χ2v) is 7.25. The summed E-state index contributed by atoms with van der Waals surface area (Å²) >= 11 is 10.6. The Morgan fingerprint density at radius 3 is 1.97 bits per heavy atom. The second kappa shape index (κ2) is 13.5. The molecule has 172 valence electrons. The molecule has 0 unspecified atom stereocenters. The van der Waals surface area contributed by atoms with Crippen molar-refractivity contribution in [3.63, 3.8) is 0 Å². The van der Waals surface area contributed by atoms with Crippen LogP contribution in [0.1, 0.15) is 29.3 Å². The lowest BCUT2D eigenvalue weighted by molar-refractivity contribution is -0.139. The molecule has 7 nitrogen and oxygen atoms in total. The average molecular weight is 480 g/mol. The van der Waals surface area contributed by atoms with Gasteiger partial charge in [0.05, 0.1) is 13.0 Å². The third-order valence-electron chi connectivity index (χ3n) is 4.29. The number of ketones is 1. The summed E-state index contributed by atoms with van der Waals surface area (Å²) < 4.78 is 0. The molecule has 0 heterocycles. The molecule has 32 heavy (non-hydrogen) atoms. The highest BCUT2D eigenvalue weighted by Gasteiger charge is 2.23. The van der Waals surface area contributed by atoms with E-state index in [2.05, 4.69) is 16.9 Å². The van der Waals surface area contributed by atoms with Gasteiger partial charge in [0.1, 0.15) is 0 Å². The maximum absolute atomic E-state index is 12.9. The fourth-order valence-electron chi connectivity index (χ4n) is 2.71. The van der Waals surface area contributed by atoms with Crippen molar-refractivity contribution in [1.29, 1.82) is 0 Å². The minimum absolute atomic E-state index is 0.163. The van der Waals surface area contributed by atoms with E-state index in [1.807, 2.05) is 0 Å². The van der Waals surface area contributed by atoms with Gasteiger partial charge in [0.15, 0.2) is 0 Å². The predicted molar refractivity (Wildman–Crippen MR) is 127 cm³/mol. The van der Waals surface area contributed by atoms with Crippen LogP contribution in [0.3, 0.4) is 0 Å². The van der Waals surface area contributed by atoms with E-state index in [9.17, 15) is 19.2 Å². The number of rotatable bonds is 8. The van der Waals surface area contributed by atoms with E-state index in [1.54, 1.807) is 69.6 Å². The fourth-order valence-corrected chi connectivity index (χ4v) is 2.84. The number of benzene rings is 2. The number of alkyl halides is 1. The normalized spacial score (nSPS) is 9.81. The van der Waals surface area contributed by atoms with Crippen LogP contribution in [0.25, 0.3) is 0 Å². The Morgan fingerprint density at radius 1 is 0.906 bits per heavy atom. The average Bonchev–Trinajstić information content (AvgIpc) is 2.79. The van der Waals surface area contributed by atoms with Gasteiger partial charge in [-0.25, -0.2) is 0 Å². The minimum atomic E-state index is -0.803. The molecule has 0 atom stereocenters. The van der Waals surface area contributed by atoms with Crippen molar-refractivity contribution in [3.8, 4) is 0 Å². The molecule has 0 saturated heterocycles. The van der Waals surface area contributed by atoms with Gasteiger partial charge in [0.25, 0.3) is 11.8 Å². The van der Waals surface area contributed by atoms with Crippen LogP contribution in [0.15, 0.2) is 48.5 Å². The van der Waals surface area contributed by atoms with Crippen molar-refractivity contribution in [3.05, 3.63) is 64.7 Å². The lowest BCUT2D eigenvalue weighted by Crippen LogP contribution is -2.37. The Bertz CT molecular complexity index is 929. The van der Waals surface area contributed by atoms with Crippen molar-refractivity contribution in [2.45, 2.75) is 19.9 Å². The molecule has 0 saturated carbocycles. The number of carbonyl (C=O) groups is 4. The number of hydrogen-bond donors (Lipinski definition) is 1. The SMILES string of the molecule is CCNC(=O)C(=O)CC(=O)N(Cc1ccc(Cl)cc1)c1ccc(C(=O)N(C)C)cc1.CCl. The van der Waals surface area contributed by atoms with Crippen LogP contribution in [-0.2, 0) is 20.9 Å². The number of Topliss-reactive ketones (excluding diaryl/α,β-unsaturated/α-hetero) is 1. The van der Waals surface area contributed by atoms with Crippen LogP contribution < -0.4 is 10.2 Å². The van der Waals surface area contributed by atoms with Gasteiger partial charge in [-0.2, -0.15) is 0 Å². The monoisotopic (exact) mass is 479 g/mol. The quantitative estimate of drug-likeness (QED) is 0.356. The largest absolute Gasteiger partial charge is 0.350 e. The number of anilines is 1. The molecular formula is C23H27Cl2N3O4. The molecule has 9 heteroatoms. The maximum Gasteiger partial charge on any atom is 0.287 e. The number of hydrogen-bond acceptors (Lipinski definition) is 4. The van der Waals surface area contributed by atoms with Gasteiger partial charge in [-0.05, 0) is 48.9 Å². The summed E-state index contributed by atoms with van der Waals surface area (Å²) in [6.07, 6.45) is 0.914. The van der Waals surface area contributed by atoms with E-state index in [0.717, 1.165) is 5.56 Å². The molecule has 3 amide bonds. The highest BCUT2D eigenvalue weighted by molar-refractivity contribution is 6.39. The Balaban J connectivity index is 0.00000249. The third-order valence-corrected chi connectivity index (χ3v) is 4.54. The molecule has 2 rings (SSSR count). The minimum Gasteiger partial charge on any atom is -0.350 e. The molecule has 0 aliphatic heterocycles. The fraction of sp³-hybridized carbons (Fsp3) is 0.304. The maximum atomic E-state index is 12.9. The van der Waals surface area contributed by atoms with Gasteiger partial charge < -0.3 is 15.1 Å². The first-order valence-corrected chi connectivity index (χ1v) is 10.9. The van der Waals surface area contributed by atoms with Crippen molar-refractivity contribution in [2.24, 2.45) is 0 Å². The molecule has 0 fully saturated rings. The molecule has 2 aromatic rings. The van der Waals surface area contributed by atoms with Crippen LogP contribution in [0.2, 0.25) is 5.02 Å². The zero-order valence-electron chi connectivity index (χ0n) is 18.5. The van der Waals surface area contributed by atoms with Crippen LogP contribution >= 0.6 is 23.2 Å². The van der Waals surface area contributed by atoms with Crippen molar-refractivity contribution in [1.82, 2.24) is 10.2 Å². The van der Waals surface area contributed by atoms with Crippen molar-refractivity contribution in [2.75, 3.05) is 31.9 Å². The molecule has 0 spiro atoms. The smallest absolute Gasteiger partial charge is 0.287 e. The van der Waals surface area contributed by atoms with Crippen molar-refractivity contribution >= 4 is 52.4 Å². The highest BCUT2D eigenvalue weighted by Crippen LogP contribution is 2.21. The van der Waals surface area contributed by atoms with Crippen LogP contribution in [0, 0.1) is 0 Å². The zero-order valence-corrected chi connectivity index (χ0v) is 20.0. The number of nitrogens with zero attached hydrogens (tertiary/aromatic N) is 2. The molecular weight excluding hydrogens is 453 g/mol. The summed E-state index contributed by atoms with van der Waals surface area (Å²) in [4.78, 5) is 51.7. The van der Waals surface area contributed by atoms with Crippen molar-refractivity contribution < 1.29 is 19.2 Å². The molecule has 0 radical (unpaired) electrons. The van der Waals surface area contributed by atoms with Gasteiger partial charge in [-0.1, -0.05) is 23.7 Å². The summed E-state index contributed by atoms with van der Waals surface area (Å²) in [6.45, 7) is 2.17. The molecule has 0 aromatic heterocycles. The number of carbonyl (C=O) groups excluding carboxylic acids is 4. The Labute approximate surface area is 198 Å². The molecule has 0 aliphatic carbocycles. The van der Waals surface area contributed by atoms with Crippen LogP contribution in [0.5, 0.6) is 0 Å². The van der Waals surface area contributed by atoms with E-state index >= 15 is 0 Å². The lowest BCUT2D eigenvalue weighted by atomic mass is 10.1. The number of halogens is 2. The van der Waals surface area contributed by atoms with Gasteiger partial charge in [-0.3, -0.25) is 19.2 Å². The first kappa shape index (κ1) is 27.1. The molecule has 2 aromatic carbocycles. The third kappa shape index (κ3) is 7.98. The number of nitrogens with one attached hydrogen (secondary N) is 1. The summed E-state index contributed by atoms with van der Waals surface area (Å²) in [6, 6.07) is 13.5. The topological polar surface area (TPSA) is 86.8 Å². The van der Waals surface area contributed by atoms with Gasteiger partial charge in [-0.15, -0.1) is 11.6 Å². The highest BCUT2D eigenvalue weighted by atomic mass is 35.5. The zero-order chi connectivity index (χ0) is 24.3. The summed E-state index contributed by atoms with van der Waals surface area (Å²) in [5, 5.41) is 2.96. The summed E-state index contributed by atoms with van der Waals surface area (Å²) in [5.41, 5.74) is 1.78. The van der Waals surface area contributed by atoms with Crippen LogP contribution in [-0.4, -0.2) is 55.4 Å². The first-order chi connectivity index (χ1) is 15.2. The van der Waals surface area contributed by atoms with Gasteiger partial charge in [0.2, 0.25) is 11.7 Å². The number of likely N-dealkylation sites (N-methyl/N-ethyl adjacent to an activating group) is 1. The van der Waals surface area contributed by atoms with E-state index in [1.165, 1.54) is 16.2 Å². The Hall–Kier alpha value is -2.90. The van der Waals surface area contributed by atoms with E-state index < -0.39 is 24.0 Å². The van der Waals surface area contributed by atoms with Gasteiger partial charge in [0, 0.05) is 43.3 Å². The molecule has 1 N–H and O–H groups in total. The Morgan fingerprint density at radius 2 is 1.47 bits per heavy atom. The Kier molecular flexibility index (Phi) is 11.4. The first-order valence-electron chi connectivity index (χ1n) is 9.78. The number of amides is 3. The predicted octanol–water partition coefficient (Wildman–Crippen LogP) is 3.53. The lowest BCUT2D eigenvalue weighted by Gasteiger charge is -2.23. The standard InChI is InChI=1S/C22H24ClN3O4.CH3Cl/c1-4-24-21(29)19(27)13-20(28)26(14-15-5-9-17(23)10-6-15)18-11-7-16(8-12-18)22(30)25(2)3;1-2/h5-12H,4,13-14H2,1-3H3,(H,24,29);1H3. The van der Waals surface area contributed by atoms with E-state index in [4.69, 9.17) is 11.6 Å². The van der Waals surface area contributed by atoms with Crippen LogP contribution in [0.4, 0.5) is 5.69 Å². The van der Waals surface area contributed by atoms with Gasteiger partial charge >= 0.3 is 0 Å². The summed E-state index contributed by atoms with van der Waals surface area (Å²) in [5.74, 6) is -2.27. The second-order valence-electron chi connectivity index (χ2n) is 6.81.